The van der Waals surface area contributed by atoms with Crippen molar-refractivity contribution in [3.05, 3.63) is 29.8 Å². The van der Waals surface area contributed by atoms with Gasteiger partial charge in [0, 0.05) is 11.6 Å². The fourth-order valence-corrected chi connectivity index (χ4v) is 3.70. The Kier molecular flexibility index (Phi) is 4.09. The third-order valence-corrected chi connectivity index (χ3v) is 5.17. The van der Waals surface area contributed by atoms with Crippen molar-refractivity contribution in [3.63, 3.8) is 0 Å². The molecule has 1 aromatic rings. The second kappa shape index (κ2) is 5.99. The summed E-state index contributed by atoms with van der Waals surface area (Å²) in [5.74, 6) is 2.18. The van der Waals surface area contributed by atoms with E-state index in [1.807, 2.05) is 12.1 Å². The molecule has 2 aliphatic rings. The molecule has 108 valence electrons. The van der Waals surface area contributed by atoms with Crippen molar-refractivity contribution in [2.45, 2.75) is 51.9 Å². The third kappa shape index (κ3) is 3.05. The summed E-state index contributed by atoms with van der Waals surface area (Å²) >= 11 is 0. The molecule has 20 heavy (non-hydrogen) atoms. The molecule has 1 heterocycles. The van der Waals surface area contributed by atoms with Crippen LogP contribution in [0.25, 0.3) is 0 Å². The molecule has 0 bridgehead atoms. The van der Waals surface area contributed by atoms with Crippen LogP contribution in [0.4, 0.5) is 5.69 Å². The highest BCUT2D eigenvalue weighted by Gasteiger charge is 2.27. The van der Waals surface area contributed by atoms with Crippen molar-refractivity contribution in [3.8, 4) is 0 Å². The Morgan fingerprint density at radius 1 is 1.10 bits per heavy atom. The lowest BCUT2D eigenvalue weighted by Gasteiger charge is -2.29. The third-order valence-electron chi connectivity index (χ3n) is 5.17. The molecule has 1 aliphatic carbocycles. The van der Waals surface area contributed by atoms with Gasteiger partial charge >= 0.3 is 0 Å². The van der Waals surface area contributed by atoms with E-state index in [1.54, 1.807) is 0 Å². The van der Waals surface area contributed by atoms with E-state index < -0.39 is 0 Å². The van der Waals surface area contributed by atoms with Crippen molar-refractivity contribution in [2.75, 3.05) is 5.32 Å². The number of hydrogen-bond acceptors (Lipinski definition) is 1. The van der Waals surface area contributed by atoms with E-state index in [0.29, 0.717) is 0 Å². The first-order valence-corrected chi connectivity index (χ1v) is 8.11. The molecule has 0 spiro atoms. The molecule has 0 saturated heterocycles. The van der Waals surface area contributed by atoms with Gasteiger partial charge in [0.15, 0.2) is 0 Å². The number of para-hydroxylation sites is 1. The molecule has 1 fully saturated rings. The van der Waals surface area contributed by atoms with Gasteiger partial charge in [-0.25, -0.2) is 0 Å². The zero-order valence-electron chi connectivity index (χ0n) is 12.4. The van der Waals surface area contributed by atoms with E-state index in [4.69, 9.17) is 0 Å². The number of carbonyl (C=O) groups is 1. The second-order valence-corrected chi connectivity index (χ2v) is 6.75. The standard InChI is InChI=1S/C18H25NO/c1-13-6-8-14(9-7-13)10-11-16-12-15-4-2-3-5-17(15)19-18(16)20/h2-5,13-14,16H,6-12H2,1H3,(H,19,20). The maximum atomic E-state index is 12.2. The summed E-state index contributed by atoms with van der Waals surface area (Å²) in [5, 5.41) is 3.07. The normalized spacial score (nSPS) is 29.6. The van der Waals surface area contributed by atoms with Crippen molar-refractivity contribution >= 4 is 11.6 Å². The van der Waals surface area contributed by atoms with Gasteiger partial charge in [0.2, 0.25) is 5.91 Å². The van der Waals surface area contributed by atoms with Crippen molar-refractivity contribution in [2.24, 2.45) is 17.8 Å². The monoisotopic (exact) mass is 271 g/mol. The number of carbonyl (C=O) groups excluding carboxylic acids is 1. The topological polar surface area (TPSA) is 29.1 Å². The minimum Gasteiger partial charge on any atom is -0.326 e. The summed E-state index contributed by atoms with van der Waals surface area (Å²) in [4.78, 5) is 12.2. The highest BCUT2D eigenvalue weighted by Crippen LogP contribution is 2.34. The molecular weight excluding hydrogens is 246 g/mol. The van der Waals surface area contributed by atoms with Crippen LogP contribution in [0.2, 0.25) is 0 Å². The lowest BCUT2D eigenvalue weighted by molar-refractivity contribution is -0.120. The number of hydrogen-bond donors (Lipinski definition) is 1. The first-order valence-electron chi connectivity index (χ1n) is 8.11. The van der Waals surface area contributed by atoms with Crippen LogP contribution in [-0.4, -0.2) is 5.91 Å². The zero-order chi connectivity index (χ0) is 13.9. The molecule has 1 N–H and O–H groups in total. The minimum absolute atomic E-state index is 0.184. The molecule has 1 aliphatic heterocycles. The predicted molar refractivity (Wildman–Crippen MR) is 82.6 cm³/mol. The van der Waals surface area contributed by atoms with Gasteiger partial charge in [-0.2, -0.15) is 0 Å². The molecule has 0 aromatic heterocycles. The van der Waals surface area contributed by atoms with Crippen LogP contribution in [-0.2, 0) is 11.2 Å². The van der Waals surface area contributed by atoms with Crippen LogP contribution in [0, 0.1) is 17.8 Å². The van der Waals surface area contributed by atoms with Crippen molar-refractivity contribution in [1.29, 1.82) is 0 Å². The lowest BCUT2D eigenvalue weighted by atomic mass is 9.78. The smallest absolute Gasteiger partial charge is 0.227 e. The molecule has 1 saturated carbocycles. The predicted octanol–water partition coefficient (Wildman–Crippen LogP) is 4.40. The molecule has 2 heteroatoms. The number of anilines is 1. The minimum atomic E-state index is 0.184. The van der Waals surface area contributed by atoms with Crippen LogP contribution in [0.5, 0.6) is 0 Å². The maximum Gasteiger partial charge on any atom is 0.227 e. The highest BCUT2D eigenvalue weighted by atomic mass is 16.1. The van der Waals surface area contributed by atoms with Gasteiger partial charge in [0.25, 0.3) is 0 Å². The van der Waals surface area contributed by atoms with E-state index in [9.17, 15) is 4.79 Å². The Morgan fingerprint density at radius 2 is 1.85 bits per heavy atom. The van der Waals surface area contributed by atoms with Gasteiger partial charge in [-0.05, 0) is 42.7 Å². The van der Waals surface area contributed by atoms with E-state index in [0.717, 1.165) is 30.4 Å². The van der Waals surface area contributed by atoms with Crippen LogP contribution in [0.3, 0.4) is 0 Å². The van der Waals surface area contributed by atoms with Crippen LogP contribution >= 0.6 is 0 Å². The Bertz CT molecular complexity index is 474. The Morgan fingerprint density at radius 3 is 2.65 bits per heavy atom. The first kappa shape index (κ1) is 13.7. The quantitative estimate of drug-likeness (QED) is 0.867. The van der Waals surface area contributed by atoms with Gasteiger partial charge in [-0.3, -0.25) is 4.79 Å². The fraction of sp³-hybridized carbons (Fsp3) is 0.611. The van der Waals surface area contributed by atoms with Gasteiger partial charge in [0.1, 0.15) is 0 Å². The van der Waals surface area contributed by atoms with Gasteiger partial charge in [-0.15, -0.1) is 0 Å². The zero-order valence-corrected chi connectivity index (χ0v) is 12.4. The number of nitrogens with one attached hydrogen (secondary N) is 1. The first-order chi connectivity index (χ1) is 9.72. The van der Waals surface area contributed by atoms with E-state index in [2.05, 4.69) is 24.4 Å². The van der Waals surface area contributed by atoms with E-state index >= 15 is 0 Å². The lowest BCUT2D eigenvalue weighted by Crippen LogP contribution is -2.30. The Balaban J connectivity index is 1.55. The van der Waals surface area contributed by atoms with Gasteiger partial charge in [-0.1, -0.05) is 50.8 Å². The number of benzene rings is 1. The highest BCUT2D eigenvalue weighted by molar-refractivity contribution is 5.95. The Labute approximate surface area is 122 Å². The molecule has 1 amide bonds. The molecule has 2 nitrogen and oxygen atoms in total. The fourth-order valence-electron chi connectivity index (χ4n) is 3.70. The van der Waals surface area contributed by atoms with Crippen molar-refractivity contribution < 1.29 is 4.79 Å². The molecule has 1 unspecified atom stereocenters. The molecule has 1 aromatic carbocycles. The SMILES string of the molecule is CC1CCC(CCC2Cc3ccccc3NC2=O)CC1. The van der Waals surface area contributed by atoms with E-state index in [-0.39, 0.29) is 11.8 Å². The van der Waals surface area contributed by atoms with Crippen LogP contribution in [0.1, 0.15) is 51.0 Å². The summed E-state index contributed by atoms with van der Waals surface area (Å²) in [6.07, 6.45) is 8.70. The molecule has 1 atom stereocenters. The average Bonchev–Trinajstić information content (AvgIpc) is 2.47. The van der Waals surface area contributed by atoms with Crippen LogP contribution < -0.4 is 5.32 Å². The summed E-state index contributed by atoms with van der Waals surface area (Å²) in [6, 6.07) is 8.20. The van der Waals surface area contributed by atoms with Crippen LogP contribution in [0.15, 0.2) is 24.3 Å². The number of fused-ring (bicyclic) bond motifs is 1. The van der Waals surface area contributed by atoms with Gasteiger partial charge < -0.3 is 5.32 Å². The molecule has 0 radical (unpaired) electrons. The Hall–Kier alpha value is -1.31. The second-order valence-electron chi connectivity index (χ2n) is 6.75. The number of amides is 1. The summed E-state index contributed by atoms with van der Waals surface area (Å²) < 4.78 is 0. The average molecular weight is 271 g/mol. The molecular formula is C18H25NO. The van der Waals surface area contributed by atoms with Crippen molar-refractivity contribution in [1.82, 2.24) is 0 Å². The largest absolute Gasteiger partial charge is 0.326 e. The summed E-state index contributed by atoms with van der Waals surface area (Å²) in [5.41, 5.74) is 2.31. The summed E-state index contributed by atoms with van der Waals surface area (Å²) in [6.45, 7) is 2.36. The molecule has 3 rings (SSSR count). The summed E-state index contributed by atoms with van der Waals surface area (Å²) in [7, 11) is 0. The van der Waals surface area contributed by atoms with Gasteiger partial charge in [0.05, 0.1) is 0 Å². The number of rotatable bonds is 3. The van der Waals surface area contributed by atoms with E-state index in [1.165, 1.54) is 37.7 Å². The maximum absolute atomic E-state index is 12.2.